The number of rotatable bonds is 4. The maximum absolute atomic E-state index is 12.5. The summed E-state index contributed by atoms with van der Waals surface area (Å²) in [6, 6.07) is 17.1. The highest BCUT2D eigenvalue weighted by atomic mass is 35.5. The molecule has 0 N–H and O–H groups in total. The molecule has 2 aromatic carbocycles. The lowest BCUT2D eigenvalue weighted by molar-refractivity contribution is -0.131. The number of hydrogen-bond donors (Lipinski definition) is 0. The van der Waals surface area contributed by atoms with Crippen molar-refractivity contribution in [2.24, 2.45) is 0 Å². The van der Waals surface area contributed by atoms with Crippen molar-refractivity contribution in [2.45, 2.75) is 6.54 Å². The van der Waals surface area contributed by atoms with Gasteiger partial charge in [-0.25, -0.2) is 0 Å². The summed E-state index contributed by atoms with van der Waals surface area (Å²) in [7, 11) is 0. The zero-order valence-electron chi connectivity index (χ0n) is 14.0. The van der Waals surface area contributed by atoms with Gasteiger partial charge in [0.2, 0.25) is 5.91 Å². The molecule has 26 heavy (non-hydrogen) atoms. The van der Waals surface area contributed by atoms with Gasteiger partial charge in [0.1, 0.15) is 6.54 Å². The predicted molar refractivity (Wildman–Crippen MR) is 98.8 cm³/mol. The van der Waals surface area contributed by atoms with Crippen LogP contribution in [0.1, 0.15) is 5.56 Å². The van der Waals surface area contributed by atoms with Gasteiger partial charge in [0.05, 0.1) is 0 Å². The van der Waals surface area contributed by atoms with E-state index in [4.69, 9.17) is 16.1 Å². The van der Waals surface area contributed by atoms with Crippen molar-refractivity contribution in [1.82, 2.24) is 15.0 Å². The number of carbonyl (C=O) groups is 1. The average Bonchev–Trinajstić information content (AvgIpc) is 3.16. The molecule has 0 radical (unpaired) electrons. The number of anilines is 1. The SMILES string of the molecule is O=C1CN(c2noc(-c3ccccc3)n2)CCN1Cc1ccc(Cl)cc1. The average molecular weight is 369 g/mol. The molecule has 1 saturated heterocycles. The Morgan fingerprint density at radius 2 is 1.81 bits per heavy atom. The lowest BCUT2D eigenvalue weighted by atomic mass is 10.2. The van der Waals surface area contributed by atoms with Crippen LogP contribution in [0, 0.1) is 0 Å². The van der Waals surface area contributed by atoms with Crippen molar-refractivity contribution >= 4 is 23.5 Å². The Balaban J connectivity index is 1.41. The first-order valence-electron chi connectivity index (χ1n) is 8.35. The van der Waals surface area contributed by atoms with Crippen molar-refractivity contribution in [2.75, 3.05) is 24.5 Å². The summed E-state index contributed by atoms with van der Waals surface area (Å²) in [4.78, 5) is 20.6. The van der Waals surface area contributed by atoms with Crippen molar-refractivity contribution in [3.05, 3.63) is 65.2 Å². The molecule has 132 valence electrons. The zero-order valence-corrected chi connectivity index (χ0v) is 14.8. The molecule has 1 amide bonds. The molecule has 1 aromatic heterocycles. The summed E-state index contributed by atoms with van der Waals surface area (Å²) < 4.78 is 5.33. The zero-order chi connectivity index (χ0) is 17.9. The van der Waals surface area contributed by atoms with Crippen LogP contribution in [-0.4, -0.2) is 40.6 Å². The molecule has 7 heteroatoms. The van der Waals surface area contributed by atoms with Gasteiger partial charge in [-0.15, -0.1) is 0 Å². The van der Waals surface area contributed by atoms with Gasteiger partial charge in [-0.05, 0) is 35.0 Å². The summed E-state index contributed by atoms with van der Waals surface area (Å²) in [5, 5.41) is 4.71. The highest BCUT2D eigenvalue weighted by molar-refractivity contribution is 6.30. The van der Waals surface area contributed by atoms with E-state index < -0.39 is 0 Å². The van der Waals surface area contributed by atoms with E-state index in [2.05, 4.69) is 10.1 Å². The Kier molecular flexibility index (Phi) is 4.58. The maximum atomic E-state index is 12.5. The molecule has 1 aliphatic heterocycles. The number of amides is 1. The fourth-order valence-corrected chi connectivity index (χ4v) is 3.02. The van der Waals surface area contributed by atoms with Gasteiger partial charge in [-0.1, -0.05) is 41.9 Å². The van der Waals surface area contributed by atoms with Crippen LogP contribution < -0.4 is 4.90 Å². The first kappa shape index (κ1) is 16.6. The van der Waals surface area contributed by atoms with Crippen molar-refractivity contribution in [3.8, 4) is 11.5 Å². The lowest BCUT2D eigenvalue weighted by Gasteiger charge is -2.33. The third-order valence-electron chi connectivity index (χ3n) is 4.32. The molecule has 0 aliphatic carbocycles. The minimum Gasteiger partial charge on any atom is -0.335 e. The lowest BCUT2D eigenvalue weighted by Crippen LogP contribution is -2.50. The van der Waals surface area contributed by atoms with Gasteiger partial charge in [-0.2, -0.15) is 4.98 Å². The highest BCUT2D eigenvalue weighted by Crippen LogP contribution is 2.21. The molecule has 3 aromatic rings. The van der Waals surface area contributed by atoms with E-state index in [1.54, 1.807) is 0 Å². The molecule has 0 atom stereocenters. The second kappa shape index (κ2) is 7.17. The van der Waals surface area contributed by atoms with Gasteiger partial charge >= 0.3 is 0 Å². The molecule has 0 spiro atoms. The van der Waals surface area contributed by atoms with Crippen LogP contribution in [0.15, 0.2) is 59.1 Å². The van der Waals surface area contributed by atoms with Crippen LogP contribution >= 0.6 is 11.6 Å². The monoisotopic (exact) mass is 368 g/mol. The summed E-state index contributed by atoms with van der Waals surface area (Å²) in [6.07, 6.45) is 0. The van der Waals surface area contributed by atoms with Crippen molar-refractivity contribution in [1.29, 1.82) is 0 Å². The van der Waals surface area contributed by atoms with Gasteiger partial charge < -0.3 is 14.3 Å². The van der Waals surface area contributed by atoms with Crippen LogP contribution in [0.2, 0.25) is 5.02 Å². The Morgan fingerprint density at radius 3 is 2.54 bits per heavy atom. The fraction of sp³-hybridized carbons (Fsp3) is 0.211. The summed E-state index contributed by atoms with van der Waals surface area (Å²) >= 11 is 5.91. The first-order valence-corrected chi connectivity index (χ1v) is 8.73. The number of carbonyl (C=O) groups excluding carboxylic acids is 1. The van der Waals surface area contributed by atoms with E-state index in [0.29, 0.717) is 36.5 Å². The topological polar surface area (TPSA) is 62.5 Å². The molecule has 6 nitrogen and oxygen atoms in total. The summed E-state index contributed by atoms with van der Waals surface area (Å²) in [5.41, 5.74) is 1.92. The maximum Gasteiger partial charge on any atom is 0.266 e. The molecule has 4 rings (SSSR count). The van der Waals surface area contributed by atoms with Crippen LogP contribution in [-0.2, 0) is 11.3 Å². The number of halogens is 1. The molecular weight excluding hydrogens is 352 g/mol. The number of nitrogens with zero attached hydrogens (tertiary/aromatic N) is 4. The van der Waals surface area contributed by atoms with Gasteiger partial charge in [-0.3, -0.25) is 4.79 Å². The van der Waals surface area contributed by atoms with E-state index >= 15 is 0 Å². The summed E-state index contributed by atoms with van der Waals surface area (Å²) in [6.45, 7) is 2.08. The van der Waals surface area contributed by atoms with Crippen LogP contribution in [0.25, 0.3) is 11.5 Å². The third kappa shape index (κ3) is 3.55. The summed E-state index contributed by atoms with van der Waals surface area (Å²) in [5.74, 6) is 0.942. The van der Waals surface area contributed by atoms with Gasteiger partial charge in [0.25, 0.3) is 11.8 Å². The quantitative estimate of drug-likeness (QED) is 0.707. The number of piperazine rings is 1. The second-order valence-electron chi connectivity index (χ2n) is 6.13. The Bertz CT molecular complexity index is 895. The molecule has 1 fully saturated rings. The van der Waals surface area contributed by atoms with Crippen LogP contribution in [0.4, 0.5) is 5.95 Å². The van der Waals surface area contributed by atoms with Gasteiger partial charge in [0.15, 0.2) is 0 Å². The Hall–Kier alpha value is -2.86. The van der Waals surface area contributed by atoms with Crippen LogP contribution in [0.3, 0.4) is 0 Å². The minimum atomic E-state index is 0.0391. The van der Waals surface area contributed by atoms with Gasteiger partial charge in [0, 0.05) is 30.2 Å². The first-order chi connectivity index (χ1) is 12.7. The van der Waals surface area contributed by atoms with E-state index in [9.17, 15) is 4.79 Å². The highest BCUT2D eigenvalue weighted by Gasteiger charge is 2.27. The molecule has 2 heterocycles. The predicted octanol–water partition coefficient (Wildman–Crippen LogP) is 3.24. The van der Waals surface area contributed by atoms with Crippen molar-refractivity contribution in [3.63, 3.8) is 0 Å². The number of benzene rings is 2. The molecule has 1 aliphatic rings. The molecule has 0 saturated carbocycles. The molecule has 0 unspecified atom stereocenters. The normalized spacial score (nSPS) is 14.7. The molecular formula is C19H17ClN4O2. The fourth-order valence-electron chi connectivity index (χ4n) is 2.90. The van der Waals surface area contributed by atoms with E-state index in [-0.39, 0.29) is 12.5 Å². The Morgan fingerprint density at radius 1 is 1.04 bits per heavy atom. The Labute approximate surface area is 156 Å². The van der Waals surface area contributed by atoms with Crippen molar-refractivity contribution < 1.29 is 9.32 Å². The third-order valence-corrected chi connectivity index (χ3v) is 4.58. The number of aromatic nitrogens is 2. The number of hydrogen-bond acceptors (Lipinski definition) is 5. The largest absolute Gasteiger partial charge is 0.335 e. The van der Waals surface area contributed by atoms with E-state index in [1.165, 1.54) is 0 Å². The van der Waals surface area contributed by atoms with Crippen LogP contribution in [0.5, 0.6) is 0 Å². The van der Waals surface area contributed by atoms with E-state index in [1.807, 2.05) is 64.4 Å². The molecule has 0 bridgehead atoms. The smallest absolute Gasteiger partial charge is 0.266 e. The minimum absolute atomic E-state index is 0.0391. The standard InChI is InChI=1S/C19H17ClN4O2/c20-16-8-6-14(7-9-16)12-23-10-11-24(13-17(23)25)19-21-18(26-22-19)15-4-2-1-3-5-15/h1-9H,10-13H2. The second-order valence-corrected chi connectivity index (χ2v) is 6.57. The van der Waals surface area contributed by atoms with E-state index in [0.717, 1.165) is 11.1 Å².